The van der Waals surface area contributed by atoms with Crippen LogP contribution in [0.5, 0.6) is 0 Å². The molecule has 8 aromatic carbocycles. The van der Waals surface area contributed by atoms with Crippen molar-refractivity contribution in [1.29, 1.82) is 10.5 Å². The largest absolute Gasteiger partial charge is 0.306 e. The van der Waals surface area contributed by atoms with E-state index in [1.54, 1.807) is 0 Å². The normalized spacial score (nSPS) is 12.7. The average Bonchev–Trinajstić information content (AvgIpc) is 3.75. The van der Waals surface area contributed by atoms with Gasteiger partial charge >= 0.3 is 0 Å². The number of allylic oxidation sites excluding steroid dienone is 1. The van der Waals surface area contributed by atoms with Gasteiger partial charge in [-0.2, -0.15) is 10.5 Å². The van der Waals surface area contributed by atoms with Gasteiger partial charge in [-0.25, -0.2) is 0 Å². The molecule has 0 aliphatic heterocycles. The zero-order valence-corrected chi connectivity index (χ0v) is 28.1. The summed E-state index contributed by atoms with van der Waals surface area (Å²) in [5.41, 5.74) is 9.28. The molecule has 1 aliphatic carbocycles. The summed E-state index contributed by atoms with van der Waals surface area (Å²) in [5, 5.41) is 32.9. The van der Waals surface area contributed by atoms with Crippen molar-refractivity contribution in [2.24, 2.45) is 0 Å². The first-order valence-electron chi connectivity index (χ1n) is 17.7. The molecular weight excluding hydrogens is 633 g/mol. The first kappa shape index (κ1) is 28.7. The Morgan fingerprint density at radius 1 is 0.462 bits per heavy atom. The number of fused-ring (bicyclic) bond motifs is 16. The van der Waals surface area contributed by atoms with Gasteiger partial charge < -0.3 is 9.13 Å². The van der Waals surface area contributed by atoms with E-state index >= 15 is 0 Å². The van der Waals surface area contributed by atoms with Gasteiger partial charge in [-0.1, -0.05) is 121 Å². The summed E-state index contributed by atoms with van der Waals surface area (Å²) in [6.07, 6.45) is 6.52. The lowest BCUT2D eigenvalue weighted by Crippen LogP contribution is -2.07. The number of aryl methyl sites for hydroxylation is 1. The number of hydrogen-bond acceptors (Lipinski definition) is 2. The van der Waals surface area contributed by atoms with Gasteiger partial charge in [-0.15, -0.1) is 0 Å². The van der Waals surface area contributed by atoms with E-state index in [1.165, 1.54) is 48.8 Å². The van der Waals surface area contributed by atoms with Crippen LogP contribution in [0, 0.1) is 22.7 Å². The number of benzene rings is 8. The van der Waals surface area contributed by atoms with Gasteiger partial charge in [-0.3, -0.25) is 0 Å². The Hall–Kier alpha value is -7.14. The van der Waals surface area contributed by atoms with E-state index in [0.717, 1.165) is 62.4 Å². The third kappa shape index (κ3) is 3.68. The molecule has 52 heavy (non-hydrogen) atoms. The summed E-state index contributed by atoms with van der Waals surface area (Å²) < 4.78 is 4.72. The zero-order valence-electron chi connectivity index (χ0n) is 28.1. The predicted octanol–water partition coefficient (Wildman–Crippen LogP) is 12.0. The van der Waals surface area contributed by atoms with E-state index in [0.29, 0.717) is 11.1 Å². The van der Waals surface area contributed by atoms with Crippen molar-refractivity contribution >= 4 is 82.0 Å². The van der Waals surface area contributed by atoms with Crippen LogP contribution < -0.4 is 0 Å². The molecule has 0 saturated carbocycles. The molecule has 0 amide bonds. The molecule has 0 saturated heterocycles. The van der Waals surface area contributed by atoms with E-state index in [2.05, 4.69) is 155 Å². The Morgan fingerprint density at radius 2 is 0.904 bits per heavy atom. The van der Waals surface area contributed by atoms with Crippen LogP contribution in [0.4, 0.5) is 0 Å². The van der Waals surface area contributed by atoms with Crippen LogP contribution in [0.3, 0.4) is 0 Å². The first-order chi connectivity index (χ1) is 25.8. The quantitative estimate of drug-likeness (QED) is 0.173. The monoisotopic (exact) mass is 660 g/mol. The van der Waals surface area contributed by atoms with E-state index < -0.39 is 0 Å². The minimum atomic E-state index is 0.352. The summed E-state index contributed by atoms with van der Waals surface area (Å²) in [7, 11) is 0. The van der Waals surface area contributed by atoms with Gasteiger partial charge in [-0.05, 0) is 69.6 Å². The van der Waals surface area contributed by atoms with Crippen molar-refractivity contribution in [3.8, 4) is 23.5 Å². The van der Waals surface area contributed by atoms with E-state index in [4.69, 9.17) is 0 Å². The van der Waals surface area contributed by atoms with Crippen molar-refractivity contribution < 1.29 is 0 Å². The van der Waals surface area contributed by atoms with Crippen LogP contribution in [0.1, 0.15) is 28.7 Å². The second kappa shape index (κ2) is 10.7. The molecule has 0 unspecified atom stereocenters. The van der Waals surface area contributed by atoms with Gasteiger partial charge in [0.05, 0.1) is 44.6 Å². The maximum absolute atomic E-state index is 10.5. The summed E-state index contributed by atoms with van der Waals surface area (Å²) in [6.45, 7) is 0. The molecule has 4 nitrogen and oxygen atoms in total. The smallest absolute Gasteiger partial charge is 0.101 e. The van der Waals surface area contributed by atoms with Crippen LogP contribution in [0.2, 0.25) is 0 Å². The average molecular weight is 661 g/mol. The molecule has 2 heterocycles. The molecule has 0 N–H and O–H groups in total. The maximum Gasteiger partial charge on any atom is 0.101 e. The molecule has 10 aromatic rings. The molecule has 0 spiro atoms. The molecule has 0 fully saturated rings. The van der Waals surface area contributed by atoms with Crippen molar-refractivity contribution in [2.75, 3.05) is 0 Å². The summed E-state index contributed by atoms with van der Waals surface area (Å²) >= 11 is 0. The first-order valence-corrected chi connectivity index (χ1v) is 17.7. The standard InChI is InChI=1S/C48H28N4/c49-27-29-25-43(51-41-23-11-9-21-39(41)45-35-17-5-1-13-31(35)33-15-3-7-19-37(33)47(45)51)44(26-30(29)28-50)52-42-24-12-10-22-40(42)46-36-18-6-2-14-32(36)34-16-4-8-20-38(34)48(46)52/h1-3,5-15,17-26H,4,16H2. The molecule has 4 heteroatoms. The Kier molecular flexibility index (Phi) is 5.89. The highest BCUT2D eigenvalue weighted by Gasteiger charge is 2.27. The van der Waals surface area contributed by atoms with Gasteiger partial charge in [0, 0.05) is 32.5 Å². The Balaban J connectivity index is 1.41. The Bertz CT molecular complexity index is 3320. The summed E-state index contributed by atoms with van der Waals surface area (Å²) in [5.74, 6) is 0. The van der Waals surface area contributed by atoms with Gasteiger partial charge in [0.15, 0.2) is 0 Å². The van der Waals surface area contributed by atoms with Crippen LogP contribution in [-0.4, -0.2) is 9.13 Å². The fourth-order valence-corrected chi connectivity index (χ4v) is 9.15. The van der Waals surface area contributed by atoms with Crippen LogP contribution in [-0.2, 0) is 6.42 Å². The molecule has 1 aliphatic rings. The molecular formula is C48H28N4. The summed E-state index contributed by atoms with van der Waals surface area (Å²) in [6, 6.07) is 51.9. The summed E-state index contributed by atoms with van der Waals surface area (Å²) in [4.78, 5) is 0. The molecule has 11 rings (SSSR count). The number of hydrogen-bond donors (Lipinski definition) is 0. The van der Waals surface area contributed by atoms with Crippen molar-refractivity contribution in [3.05, 3.63) is 162 Å². The minimum absolute atomic E-state index is 0.352. The fraction of sp³-hybridized carbons (Fsp3) is 0.0417. The van der Waals surface area contributed by atoms with Crippen LogP contribution >= 0.6 is 0 Å². The SMILES string of the molecule is N#Cc1cc(-n2c3ccccc3c3c4ccccc4c4c(c32)C=CCC4)c(-n2c3ccccc3c3c4ccccc4c4ccccc4c32)cc1C#N. The zero-order chi connectivity index (χ0) is 34.5. The molecule has 240 valence electrons. The van der Waals surface area contributed by atoms with Crippen LogP contribution in [0.25, 0.3) is 93.4 Å². The minimum Gasteiger partial charge on any atom is -0.306 e. The lowest BCUT2D eigenvalue weighted by Gasteiger charge is -2.21. The third-order valence-corrected chi connectivity index (χ3v) is 11.2. The van der Waals surface area contributed by atoms with Crippen LogP contribution in [0.15, 0.2) is 140 Å². The molecule has 2 aromatic heterocycles. The lowest BCUT2D eigenvalue weighted by molar-refractivity contribution is 0.996. The van der Waals surface area contributed by atoms with Crippen molar-refractivity contribution in [2.45, 2.75) is 12.8 Å². The Morgan fingerprint density at radius 3 is 1.50 bits per heavy atom. The second-order valence-corrected chi connectivity index (χ2v) is 13.7. The van der Waals surface area contributed by atoms with E-state index in [1.807, 2.05) is 12.1 Å². The number of nitrogens with zero attached hydrogens (tertiary/aromatic N) is 4. The third-order valence-electron chi connectivity index (χ3n) is 11.2. The van der Waals surface area contributed by atoms with Crippen molar-refractivity contribution in [3.63, 3.8) is 0 Å². The maximum atomic E-state index is 10.5. The highest BCUT2D eigenvalue weighted by atomic mass is 15.1. The lowest BCUT2D eigenvalue weighted by atomic mass is 9.88. The Labute approximate surface area is 298 Å². The highest BCUT2D eigenvalue weighted by Crippen LogP contribution is 2.47. The molecule has 0 radical (unpaired) electrons. The van der Waals surface area contributed by atoms with Gasteiger partial charge in [0.1, 0.15) is 12.1 Å². The number of nitriles is 2. The van der Waals surface area contributed by atoms with E-state index in [-0.39, 0.29) is 0 Å². The van der Waals surface area contributed by atoms with E-state index in [9.17, 15) is 10.5 Å². The van der Waals surface area contributed by atoms with Gasteiger partial charge in [0.2, 0.25) is 0 Å². The van der Waals surface area contributed by atoms with Gasteiger partial charge in [0.25, 0.3) is 0 Å². The number of aromatic nitrogens is 2. The number of rotatable bonds is 2. The fourth-order valence-electron chi connectivity index (χ4n) is 9.15. The highest BCUT2D eigenvalue weighted by molar-refractivity contribution is 6.32. The molecule has 0 atom stereocenters. The number of para-hydroxylation sites is 2. The molecule has 0 bridgehead atoms. The second-order valence-electron chi connectivity index (χ2n) is 13.7. The topological polar surface area (TPSA) is 57.4 Å². The predicted molar refractivity (Wildman–Crippen MR) is 214 cm³/mol. The van der Waals surface area contributed by atoms with Crippen molar-refractivity contribution in [1.82, 2.24) is 9.13 Å².